The molecule has 1 aromatic heterocycles. The maximum absolute atomic E-state index is 13.2. The Labute approximate surface area is 156 Å². The summed E-state index contributed by atoms with van der Waals surface area (Å²) in [7, 11) is 0. The summed E-state index contributed by atoms with van der Waals surface area (Å²) in [4.78, 5) is 15.2. The van der Waals surface area contributed by atoms with E-state index in [4.69, 9.17) is 0 Å². The molecule has 0 radical (unpaired) electrons. The minimum Gasteiger partial charge on any atom is -0.325 e. The van der Waals surface area contributed by atoms with Gasteiger partial charge in [0.05, 0.1) is 16.8 Å². The zero-order valence-electron chi connectivity index (χ0n) is 14.0. The van der Waals surface area contributed by atoms with Gasteiger partial charge in [0.25, 0.3) is 5.56 Å². The third kappa shape index (κ3) is 4.48. The minimum atomic E-state index is -5.11. The molecule has 1 aliphatic rings. The fourth-order valence-electron chi connectivity index (χ4n) is 2.60. The van der Waals surface area contributed by atoms with E-state index < -0.39 is 58.6 Å². The standard InChI is InChI=1S/C16H10F9N3O/c17-14(18,19)7-1-4-9(15(20,21)22)10(5-7)26-13-27-11(16(23,24)25)6-12(29)28(13)8-2-3-8/h1,4-6,8H,2-3H2,(H,26,27). The number of alkyl halides is 9. The summed E-state index contributed by atoms with van der Waals surface area (Å²) in [5.74, 6) is -0.919. The van der Waals surface area contributed by atoms with Crippen LogP contribution in [-0.4, -0.2) is 9.55 Å². The fraction of sp³-hybridized carbons (Fsp3) is 0.375. The molecule has 1 heterocycles. The highest BCUT2D eigenvalue weighted by Crippen LogP contribution is 2.41. The van der Waals surface area contributed by atoms with Gasteiger partial charge in [-0.3, -0.25) is 9.36 Å². The predicted molar refractivity (Wildman–Crippen MR) is 81.5 cm³/mol. The lowest BCUT2D eigenvalue weighted by Crippen LogP contribution is -2.26. The summed E-state index contributed by atoms with van der Waals surface area (Å²) in [6.45, 7) is 0. The topological polar surface area (TPSA) is 46.9 Å². The highest BCUT2D eigenvalue weighted by molar-refractivity contribution is 5.61. The second-order valence-corrected chi connectivity index (χ2v) is 6.28. The smallest absolute Gasteiger partial charge is 0.325 e. The van der Waals surface area contributed by atoms with Gasteiger partial charge in [-0.25, -0.2) is 4.98 Å². The van der Waals surface area contributed by atoms with Crippen LogP contribution in [0.5, 0.6) is 0 Å². The number of anilines is 2. The lowest BCUT2D eigenvalue weighted by Gasteiger charge is -2.19. The molecule has 1 fully saturated rings. The first-order chi connectivity index (χ1) is 13.2. The summed E-state index contributed by atoms with van der Waals surface area (Å²) < 4.78 is 118. The van der Waals surface area contributed by atoms with E-state index in [0.717, 1.165) is 0 Å². The first kappa shape index (κ1) is 21.0. The molecule has 0 unspecified atom stereocenters. The molecule has 1 N–H and O–H groups in total. The summed E-state index contributed by atoms with van der Waals surface area (Å²) in [6.07, 6.45) is -14.5. The number of nitrogens with one attached hydrogen (secondary N) is 1. The fourth-order valence-corrected chi connectivity index (χ4v) is 2.60. The second kappa shape index (κ2) is 6.66. The van der Waals surface area contributed by atoms with E-state index in [1.165, 1.54) is 0 Å². The van der Waals surface area contributed by atoms with Crippen molar-refractivity contribution < 1.29 is 39.5 Å². The minimum absolute atomic E-state index is 0.104. The van der Waals surface area contributed by atoms with E-state index in [-0.39, 0.29) is 24.3 Å². The van der Waals surface area contributed by atoms with Gasteiger partial charge < -0.3 is 5.32 Å². The van der Waals surface area contributed by atoms with Crippen LogP contribution >= 0.6 is 0 Å². The highest BCUT2D eigenvalue weighted by Gasteiger charge is 2.39. The molecule has 2 aromatic rings. The van der Waals surface area contributed by atoms with E-state index in [0.29, 0.717) is 17.4 Å². The second-order valence-electron chi connectivity index (χ2n) is 6.28. The molecule has 0 spiro atoms. The summed E-state index contributed by atoms with van der Waals surface area (Å²) >= 11 is 0. The molecule has 158 valence electrons. The molecule has 3 rings (SSSR count). The first-order valence-corrected chi connectivity index (χ1v) is 7.94. The lowest BCUT2D eigenvalue weighted by molar-refractivity contribution is -0.141. The molecule has 0 atom stereocenters. The van der Waals surface area contributed by atoms with Crippen molar-refractivity contribution in [2.75, 3.05) is 5.32 Å². The van der Waals surface area contributed by atoms with E-state index >= 15 is 0 Å². The van der Waals surface area contributed by atoms with Gasteiger partial charge in [-0.2, -0.15) is 39.5 Å². The van der Waals surface area contributed by atoms with E-state index in [1.54, 1.807) is 0 Å². The third-order valence-electron chi connectivity index (χ3n) is 4.05. The Morgan fingerprint density at radius 2 is 1.52 bits per heavy atom. The Kier molecular flexibility index (Phi) is 4.82. The Hall–Kier alpha value is -2.73. The molecule has 13 heteroatoms. The normalized spacial score (nSPS) is 15.5. The van der Waals surface area contributed by atoms with Gasteiger partial charge in [-0.05, 0) is 31.0 Å². The lowest BCUT2D eigenvalue weighted by atomic mass is 10.1. The maximum Gasteiger partial charge on any atom is 0.433 e. The van der Waals surface area contributed by atoms with Crippen molar-refractivity contribution >= 4 is 11.6 Å². The quantitative estimate of drug-likeness (QED) is 0.665. The van der Waals surface area contributed by atoms with Crippen molar-refractivity contribution in [3.63, 3.8) is 0 Å². The van der Waals surface area contributed by atoms with Gasteiger partial charge in [-0.15, -0.1) is 0 Å². The van der Waals surface area contributed by atoms with Crippen LogP contribution in [0.25, 0.3) is 0 Å². The average molecular weight is 431 g/mol. The van der Waals surface area contributed by atoms with Gasteiger partial charge >= 0.3 is 18.5 Å². The Morgan fingerprint density at radius 3 is 2.00 bits per heavy atom. The largest absolute Gasteiger partial charge is 0.433 e. The summed E-state index contributed by atoms with van der Waals surface area (Å²) in [5.41, 5.74) is -7.05. The SMILES string of the molecule is O=c1cc(C(F)(F)F)nc(Nc2cc(C(F)(F)F)ccc2C(F)(F)F)n1C1CC1. The number of rotatable bonds is 3. The predicted octanol–water partition coefficient (Wildman–Crippen LogP) is 5.38. The molecule has 0 aliphatic heterocycles. The molecular formula is C16H10F9N3O. The number of benzene rings is 1. The molecule has 4 nitrogen and oxygen atoms in total. The van der Waals surface area contributed by atoms with Gasteiger partial charge in [-0.1, -0.05) is 0 Å². The number of aromatic nitrogens is 2. The van der Waals surface area contributed by atoms with Crippen LogP contribution in [0.1, 0.15) is 35.7 Å². The van der Waals surface area contributed by atoms with Crippen LogP contribution in [-0.2, 0) is 18.5 Å². The molecule has 0 amide bonds. The van der Waals surface area contributed by atoms with Crippen molar-refractivity contribution in [3.05, 3.63) is 51.4 Å². The van der Waals surface area contributed by atoms with E-state index in [1.807, 2.05) is 5.32 Å². The Bertz CT molecular complexity index is 985. The first-order valence-electron chi connectivity index (χ1n) is 7.94. The zero-order chi connectivity index (χ0) is 21.8. The van der Waals surface area contributed by atoms with Gasteiger partial charge in [0.2, 0.25) is 5.95 Å². The van der Waals surface area contributed by atoms with Crippen molar-refractivity contribution in [1.29, 1.82) is 0 Å². The van der Waals surface area contributed by atoms with Crippen LogP contribution in [0.3, 0.4) is 0 Å². The maximum atomic E-state index is 13.2. The number of hydrogen-bond acceptors (Lipinski definition) is 3. The van der Waals surface area contributed by atoms with Crippen LogP contribution in [0, 0.1) is 0 Å². The van der Waals surface area contributed by atoms with Gasteiger partial charge in [0, 0.05) is 12.1 Å². The Morgan fingerprint density at radius 1 is 0.897 bits per heavy atom. The highest BCUT2D eigenvalue weighted by atomic mass is 19.4. The molecular weight excluding hydrogens is 421 g/mol. The van der Waals surface area contributed by atoms with Crippen LogP contribution in [0.15, 0.2) is 29.1 Å². The van der Waals surface area contributed by atoms with Gasteiger partial charge in [0.1, 0.15) is 0 Å². The number of hydrogen-bond donors (Lipinski definition) is 1. The molecule has 0 saturated heterocycles. The van der Waals surface area contributed by atoms with Crippen molar-refractivity contribution in [2.24, 2.45) is 0 Å². The van der Waals surface area contributed by atoms with Gasteiger partial charge in [0.15, 0.2) is 5.69 Å². The molecule has 1 aliphatic carbocycles. The van der Waals surface area contributed by atoms with E-state index in [9.17, 15) is 44.3 Å². The average Bonchev–Trinajstić information content (AvgIpc) is 3.36. The molecule has 29 heavy (non-hydrogen) atoms. The molecule has 1 aromatic carbocycles. The number of nitrogens with zero attached hydrogens (tertiary/aromatic N) is 2. The zero-order valence-corrected chi connectivity index (χ0v) is 14.0. The van der Waals surface area contributed by atoms with Crippen molar-refractivity contribution in [1.82, 2.24) is 9.55 Å². The summed E-state index contributed by atoms with van der Waals surface area (Å²) in [6, 6.07) is 0.0204. The van der Waals surface area contributed by atoms with E-state index in [2.05, 4.69) is 4.98 Å². The van der Waals surface area contributed by atoms with Crippen molar-refractivity contribution in [2.45, 2.75) is 37.4 Å². The van der Waals surface area contributed by atoms with Crippen LogP contribution in [0.2, 0.25) is 0 Å². The van der Waals surface area contributed by atoms with Crippen molar-refractivity contribution in [3.8, 4) is 0 Å². The molecule has 0 bridgehead atoms. The number of halogens is 9. The van der Waals surface area contributed by atoms with Crippen LogP contribution in [0.4, 0.5) is 51.1 Å². The Balaban J connectivity index is 2.18. The monoisotopic (exact) mass is 431 g/mol. The third-order valence-corrected chi connectivity index (χ3v) is 4.05. The molecule has 1 saturated carbocycles. The van der Waals surface area contributed by atoms with Crippen LogP contribution < -0.4 is 10.9 Å². The summed E-state index contributed by atoms with van der Waals surface area (Å²) in [5, 5.41) is 1.87.